The molecule has 1 aromatic carbocycles. The van der Waals surface area contributed by atoms with Crippen molar-refractivity contribution in [1.29, 1.82) is 0 Å². The number of Topliss-reactive ketones (excluding diaryl/α,β-unsaturated/α-hetero) is 1. The van der Waals surface area contributed by atoms with Gasteiger partial charge in [-0.05, 0) is 34.6 Å². The van der Waals surface area contributed by atoms with Gasteiger partial charge in [0.25, 0.3) is 5.91 Å². The maximum absolute atomic E-state index is 12.5. The Hall–Kier alpha value is -2.69. The Morgan fingerprint density at radius 2 is 1.70 bits per heavy atom. The van der Waals surface area contributed by atoms with E-state index >= 15 is 0 Å². The molecule has 1 N–H and O–H groups in total. The minimum atomic E-state index is -0.640. The lowest BCUT2D eigenvalue weighted by Gasteiger charge is -2.28. The van der Waals surface area contributed by atoms with Crippen molar-refractivity contribution in [2.75, 3.05) is 5.32 Å². The molecule has 0 radical (unpaired) electrons. The van der Waals surface area contributed by atoms with Gasteiger partial charge in [0, 0.05) is 18.4 Å². The van der Waals surface area contributed by atoms with Gasteiger partial charge >= 0.3 is 5.63 Å². The summed E-state index contributed by atoms with van der Waals surface area (Å²) in [5.74, 6) is -0.0879. The number of rotatable bonds is 2. The zero-order chi connectivity index (χ0) is 20.0. The van der Waals surface area contributed by atoms with Crippen LogP contribution in [0.1, 0.15) is 73.1 Å². The molecule has 5 heteroatoms. The van der Waals surface area contributed by atoms with Gasteiger partial charge in [-0.25, -0.2) is 4.79 Å². The fourth-order valence-corrected chi connectivity index (χ4v) is 3.30. The van der Waals surface area contributed by atoms with Crippen molar-refractivity contribution in [3.05, 3.63) is 63.2 Å². The average molecular weight is 367 g/mol. The molecule has 3 rings (SSSR count). The summed E-state index contributed by atoms with van der Waals surface area (Å²) in [5.41, 5.74) is 1.04. The van der Waals surface area contributed by atoms with Crippen LogP contribution in [-0.2, 0) is 11.8 Å². The summed E-state index contributed by atoms with van der Waals surface area (Å²) in [6.07, 6.45) is 0.904. The van der Waals surface area contributed by atoms with Crippen LogP contribution in [0, 0.1) is 5.41 Å². The van der Waals surface area contributed by atoms with Crippen LogP contribution in [-0.4, -0.2) is 11.7 Å². The number of hydrogen-bond acceptors (Lipinski definition) is 4. The van der Waals surface area contributed by atoms with Crippen LogP contribution in [0.2, 0.25) is 0 Å². The molecule has 1 amide bonds. The molecule has 27 heavy (non-hydrogen) atoms. The third-order valence-electron chi connectivity index (χ3n) is 4.86. The van der Waals surface area contributed by atoms with Crippen LogP contribution in [0.5, 0.6) is 0 Å². The molecular weight excluding hydrogens is 342 g/mol. The molecule has 2 aromatic rings. The Morgan fingerprint density at radius 3 is 2.30 bits per heavy atom. The topological polar surface area (TPSA) is 76.4 Å². The van der Waals surface area contributed by atoms with E-state index in [1.165, 1.54) is 6.07 Å². The lowest BCUT2D eigenvalue weighted by molar-refractivity contribution is 0.0896. The van der Waals surface area contributed by atoms with Crippen molar-refractivity contribution in [2.24, 2.45) is 5.41 Å². The summed E-state index contributed by atoms with van der Waals surface area (Å²) in [5, 5.41) is 2.58. The van der Waals surface area contributed by atoms with Gasteiger partial charge in [0.15, 0.2) is 5.78 Å². The number of ketones is 1. The SMILES string of the molecule is CC1(C)CC(=O)c2cc(NC(=O)c3ccc(C(C)(C)C)cc3)c(=O)oc2C1. The molecule has 0 saturated heterocycles. The van der Waals surface area contributed by atoms with E-state index in [4.69, 9.17) is 4.42 Å². The van der Waals surface area contributed by atoms with Crippen molar-refractivity contribution in [3.8, 4) is 0 Å². The number of fused-ring (bicyclic) bond motifs is 1. The summed E-state index contributed by atoms with van der Waals surface area (Å²) in [4.78, 5) is 37.1. The molecule has 0 aliphatic heterocycles. The third-order valence-corrected chi connectivity index (χ3v) is 4.86. The maximum Gasteiger partial charge on any atom is 0.359 e. The van der Waals surface area contributed by atoms with Crippen LogP contribution >= 0.6 is 0 Å². The second-order valence-electron chi connectivity index (χ2n) is 9.01. The molecule has 0 atom stereocenters. The van der Waals surface area contributed by atoms with Crippen molar-refractivity contribution >= 4 is 17.4 Å². The monoisotopic (exact) mass is 367 g/mol. The fraction of sp³-hybridized carbons (Fsp3) is 0.409. The molecule has 142 valence electrons. The van der Waals surface area contributed by atoms with Gasteiger partial charge in [0.05, 0.1) is 5.56 Å². The van der Waals surface area contributed by atoms with Crippen molar-refractivity contribution in [3.63, 3.8) is 0 Å². The van der Waals surface area contributed by atoms with Crippen LogP contribution in [0.15, 0.2) is 39.5 Å². The van der Waals surface area contributed by atoms with E-state index in [-0.39, 0.29) is 22.3 Å². The Morgan fingerprint density at radius 1 is 1.07 bits per heavy atom. The van der Waals surface area contributed by atoms with Gasteiger partial charge < -0.3 is 9.73 Å². The number of anilines is 1. The van der Waals surface area contributed by atoms with E-state index in [0.29, 0.717) is 29.7 Å². The average Bonchev–Trinajstić information content (AvgIpc) is 2.54. The number of amides is 1. The number of carbonyl (C=O) groups is 2. The predicted molar refractivity (Wildman–Crippen MR) is 105 cm³/mol. The predicted octanol–water partition coefficient (Wildman–Crippen LogP) is 4.34. The highest BCUT2D eigenvalue weighted by atomic mass is 16.4. The first kappa shape index (κ1) is 19.1. The molecule has 0 bridgehead atoms. The van der Waals surface area contributed by atoms with E-state index in [1.54, 1.807) is 12.1 Å². The highest BCUT2D eigenvalue weighted by Gasteiger charge is 2.33. The number of hydrogen-bond donors (Lipinski definition) is 1. The first-order valence-electron chi connectivity index (χ1n) is 9.08. The van der Waals surface area contributed by atoms with Crippen LogP contribution in [0.3, 0.4) is 0 Å². The van der Waals surface area contributed by atoms with Gasteiger partial charge in [-0.1, -0.05) is 46.8 Å². The normalized spacial score (nSPS) is 16.0. The molecular formula is C22H25NO4. The Labute approximate surface area is 158 Å². The zero-order valence-electron chi connectivity index (χ0n) is 16.4. The zero-order valence-corrected chi connectivity index (χ0v) is 16.4. The number of carbonyl (C=O) groups excluding carboxylic acids is 2. The van der Waals surface area contributed by atoms with Gasteiger partial charge in [0.1, 0.15) is 11.4 Å². The minimum Gasteiger partial charge on any atom is -0.426 e. The summed E-state index contributed by atoms with van der Waals surface area (Å²) >= 11 is 0. The van der Waals surface area contributed by atoms with Crippen molar-refractivity contribution in [2.45, 2.75) is 52.9 Å². The fourth-order valence-electron chi connectivity index (χ4n) is 3.30. The Balaban J connectivity index is 1.86. The van der Waals surface area contributed by atoms with E-state index in [0.717, 1.165) is 5.56 Å². The quantitative estimate of drug-likeness (QED) is 0.856. The maximum atomic E-state index is 12.5. The summed E-state index contributed by atoms with van der Waals surface area (Å²) in [6.45, 7) is 10.2. The van der Waals surface area contributed by atoms with Gasteiger partial charge in [-0.15, -0.1) is 0 Å². The second-order valence-corrected chi connectivity index (χ2v) is 9.01. The van der Waals surface area contributed by atoms with Crippen LogP contribution in [0.25, 0.3) is 0 Å². The van der Waals surface area contributed by atoms with Crippen LogP contribution in [0.4, 0.5) is 5.69 Å². The molecule has 0 fully saturated rings. The lowest BCUT2D eigenvalue weighted by atomic mass is 9.76. The highest BCUT2D eigenvalue weighted by Crippen LogP contribution is 2.34. The third kappa shape index (κ3) is 4.02. The first-order chi connectivity index (χ1) is 12.5. The Bertz CT molecular complexity index is 959. The van der Waals surface area contributed by atoms with Crippen molar-refractivity contribution < 1.29 is 14.0 Å². The molecule has 5 nitrogen and oxygen atoms in total. The molecule has 0 unspecified atom stereocenters. The molecule has 1 heterocycles. The lowest BCUT2D eigenvalue weighted by Crippen LogP contribution is -2.29. The second kappa shape index (κ2) is 6.48. The molecule has 1 aromatic heterocycles. The van der Waals surface area contributed by atoms with Crippen LogP contribution < -0.4 is 10.9 Å². The van der Waals surface area contributed by atoms with E-state index < -0.39 is 11.5 Å². The highest BCUT2D eigenvalue weighted by molar-refractivity contribution is 6.05. The summed E-state index contributed by atoms with van der Waals surface area (Å²) in [7, 11) is 0. The van der Waals surface area contributed by atoms with Gasteiger partial charge in [-0.2, -0.15) is 0 Å². The molecule has 1 aliphatic carbocycles. The van der Waals surface area contributed by atoms with Gasteiger partial charge in [-0.3, -0.25) is 9.59 Å². The molecule has 0 spiro atoms. The van der Waals surface area contributed by atoms with E-state index in [1.807, 2.05) is 26.0 Å². The Kier molecular flexibility index (Phi) is 4.58. The van der Waals surface area contributed by atoms with E-state index in [2.05, 4.69) is 26.1 Å². The first-order valence-corrected chi connectivity index (χ1v) is 9.08. The molecule has 0 saturated carbocycles. The van der Waals surface area contributed by atoms with Crippen molar-refractivity contribution in [1.82, 2.24) is 0 Å². The van der Waals surface area contributed by atoms with Gasteiger partial charge in [0.2, 0.25) is 0 Å². The summed E-state index contributed by atoms with van der Waals surface area (Å²) in [6, 6.07) is 8.69. The minimum absolute atomic E-state index is 0.00768. The molecule has 1 aliphatic rings. The largest absolute Gasteiger partial charge is 0.426 e. The summed E-state index contributed by atoms with van der Waals surface area (Å²) < 4.78 is 5.35. The smallest absolute Gasteiger partial charge is 0.359 e. The van der Waals surface area contributed by atoms with E-state index in [9.17, 15) is 14.4 Å². The number of benzene rings is 1. The standard InChI is InChI=1S/C22H25NO4/c1-21(2,3)14-8-6-13(7-9-14)19(25)23-16-10-15-17(24)11-22(4,5)12-18(15)27-20(16)26/h6-10H,11-12H2,1-5H3,(H,23,25). The number of nitrogens with one attached hydrogen (secondary N) is 1.